The van der Waals surface area contributed by atoms with Crippen LogP contribution in [0.25, 0.3) is 0 Å². The number of sulfonamides is 1. The van der Waals surface area contributed by atoms with E-state index < -0.39 is 21.9 Å². The Bertz CT molecular complexity index is 1330. The molecule has 4 rings (SSSR count). The lowest BCUT2D eigenvalue weighted by molar-refractivity contribution is 0.0600. The molecule has 1 aliphatic heterocycles. The number of anilines is 2. The van der Waals surface area contributed by atoms with Gasteiger partial charge in [0, 0.05) is 30.6 Å². The van der Waals surface area contributed by atoms with Crippen LogP contribution < -0.4 is 9.62 Å². The molecule has 2 aromatic carbocycles. The molecule has 2 heterocycles. The van der Waals surface area contributed by atoms with Gasteiger partial charge in [0.1, 0.15) is 5.00 Å². The summed E-state index contributed by atoms with van der Waals surface area (Å²) in [6.45, 7) is 1.51. The largest absolute Gasteiger partial charge is 0.465 e. The number of ether oxygens (including phenoxy) is 1. The molecule has 186 valence electrons. The monoisotopic (exact) mass is 535 g/mol. The summed E-state index contributed by atoms with van der Waals surface area (Å²) < 4.78 is 32.1. The van der Waals surface area contributed by atoms with Crippen LogP contribution in [0.1, 0.15) is 31.2 Å². The van der Waals surface area contributed by atoms with Crippen molar-refractivity contribution in [3.8, 4) is 0 Å². The highest BCUT2D eigenvalue weighted by molar-refractivity contribution is 7.92. The number of nitrogens with one attached hydrogen (secondary N) is 1. The third-order valence-electron chi connectivity index (χ3n) is 5.76. The molecule has 11 heteroatoms. The lowest BCUT2D eigenvalue weighted by atomic mass is 10.0. The van der Waals surface area contributed by atoms with Crippen molar-refractivity contribution < 1.29 is 22.7 Å². The maximum atomic E-state index is 13.0. The number of carbonyl (C=O) groups is 2. The number of carbonyl (C=O) groups excluding carboxylic acids is 2. The van der Waals surface area contributed by atoms with Crippen LogP contribution in [0, 0.1) is 0 Å². The molecule has 0 radical (unpaired) electrons. The Morgan fingerprint density at radius 3 is 2.37 bits per heavy atom. The predicted molar refractivity (Wildman–Crippen MR) is 139 cm³/mol. The zero-order valence-corrected chi connectivity index (χ0v) is 21.9. The molecule has 35 heavy (non-hydrogen) atoms. The lowest BCUT2D eigenvalue weighted by Gasteiger charge is -2.22. The van der Waals surface area contributed by atoms with Crippen molar-refractivity contribution in [3.63, 3.8) is 0 Å². The van der Waals surface area contributed by atoms with Crippen molar-refractivity contribution in [1.29, 1.82) is 0 Å². The van der Waals surface area contributed by atoms with E-state index in [4.69, 9.17) is 4.74 Å². The molecule has 1 aliphatic rings. The SMILES string of the molecule is COC(=O)c1c(NC(=O)c2ccc(S(=O)(=O)N(C)c3ccccc3)cc2)sc2c1CCN(C)C2.Cl. The van der Waals surface area contributed by atoms with Gasteiger partial charge in [-0.05, 0) is 55.4 Å². The summed E-state index contributed by atoms with van der Waals surface area (Å²) in [6, 6.07) is 14.5. The van der Waals surface area contributed by atoms with E-state index in [1.807, 2.05) is 13.1 Å². The number of likely N-dealkylation sites (N-methyl/N-ethyl adjacent to an activating group) is 1. The van der Waals surface area contributed by atoms with Crippen LogP contribution in [0.5, 0.6) is 0 Å². The van der Waals surface area contributed by atoms with Gasteiger partial charge in [0.2, 0.25) is 0 Å². The minimum Gasteiger partial charge on any atom is -0.465 e. The van der Waals surface area contributed by atoms with E-state index in [1.165, 1.54) is 54.1 Å². The van der Waals surface area contributed by atoms with E-state index in [2.05, 4.69) is 10.2 Å². The van der Waals surface area contributed by atoms with Gasteiger partial charge in [0.15, 0.2) is 0 Å². The van der Waals surface area contributed by atoms with Crippen LogP contribution >= 0.6 is 23.7 Å². The highest BCUT2D eigenvalue weighted by Gasteiger charge is 2.29. The molecule has 0 saturated carbocycles. The quantitative estimate of drug-likeness (QED) is 0.479. The number of esters is 1. The topological polar surface area (TPSA) is 96.0 Å². The summed E-state index contributed by atoms with van der Waals surface area (Å²) in [5.74, 6) is -0.916. The number of rotatable bonds is 6. The van der Waals surface area contributed by atoms with Crippen LogP contribution in [0.2, 0.25) is 0 Å². The summed E-state index contributed by atoms with van der Waals surface area (Å²) in [5.41, 5.74) is 2.12. The Hall–Kier alpha value is -2.92. The Kier molecular flexibility index (Phi) is 8.22. The first-order valence-electron chi connectivity index (χ1n) is 10.6. The second kappa shape index (κ2) is 10.8. The average Bonchev–Trinajstić information content (AvgIpc) is 3.20. The average molecular weight is 536 g/mol. The van der Waals surface area contributed by atoms with Crippen molar-refractivity contribution in [1.82, 2.24) is 4.90 Å². The maximum Gasteiger partial charge on any atom is 0.341 e. The van der Waals surface area contributed by atoms with Gasteiger partial charge in [-0.25, -0.2) is 13.2 Å². The summed E-state index contributed by atoms with van der Waals surface area (Å²) in [4.78, 5) is 28.6. The van der Waals surface area contributed by atoms with E-state index >= 15 is 0 Å². The molecule has 0 aliphatic carbocycles. The number of fused-ring (bicyclic) bond motifs is 1. The molecule has 1 aromatic heterocycles. The molecule has 0 saturated heterocycles. The minimum absolute atomic E-state index is 0. The summed E-state index contributed by atoms with van der Waals surface area (Å²) in [5, 5.41) is 3.26. The van der Waals surface area contributed by atoms with Gasteiger partial charge in [-0.3, -0.25) is 9.10 Å². The van der Waals surface area contributed by atoms with Gasteiger partial charge in [0.25, 0.3) is 15.9 Å². The number of thiophene rings is 1. The predicted octanol–water partition coefficient (Wildman–Crippen LogP) is 4.02. The molecule has 0 unspecified atom stereocenters. The van der Waals surface area contributed by atoms with Gasteiger partial charge in [-0.15, -0.1) is 23.7 Å². The second-order valence-corrected chi connectivity index (χ2v) is 11.0. The first kappa shape index (κ1) is 26.7. The number of methoxy groups -OCH3 is 1. The fraction of sp³-hybridized carbons (Fsp3) is 0.250. The molecule has 1 amide bonds. The molecular formula is C24H26ClN3O5S2. The van der Waals surface area contributed by atoms with Gasteiger partial charge in [-0.2, -0.15) is 0 Å². The van der Waals surface area contributed by atoms with Crippen molar-refractivity contribution in [2.24, 2.45) is 0 Å². The molecular weight excluding hydrogens is 510 g/mol. The molecule has 0 fully saturated rings. The normalized spacial score (nSPS) is 13.3. The summed E-state index contributed by atoms with van der Waals surface area (Å²) in [7, 11) is 1.02. The van der Waals surface area contributed by atoms with Crippen LogP contribution in [0.15, 0.2) is 59.5 Å². The van der Waals surface area contributed by atoms with Crippen LogP contribution in [-0.2, 0) is 27.7 Å². The van der Waals surface area contributed by atoms with Gasteiger partial charge in [-0.1, -0.05) is 18.2 Å². The van der Waals surface area contributed by atoms with Crippen molar-refractivity contribution in [2.75, 3.05) is 37.4 Å². The van der Waals surface area contributed by atoms with Crippen LogP contribution in [0.3, 0.4) is 0 Å². The maximum absolute atomic E-state index is 13.0. The number of halogens is 1. The molecule has 3 aromatic rings. The Morgan fingerprint density at radius 1 is 1.09 bits per heavy atom. The summed E-state index contributed by atoms with van der Waals surface area (Å²) in [6.07, 6.45) is 0.699. The lowest BCUT2D eigenvalue weighted by Crippen LogP contribution is -2.26. The standard InChI is InChI=1S/C24H25N3O5S2.ClH/c1-26-14-13-19-20(15-26)33-23(21(19)24(29)32-3)25-22(28)16-9-11-18(12-10-16)34(30,31)27(2)17-7-5-4-6-8-17;/h4-12H,13-15H2,1-3H3,(H,25,28);1H. The Morgan fingerprint density at radius 2 is 1.74 bits per heavy atom. The highest BCUT2D eigenvalue weighted by Crippen LogP contribution is 2.37. The van der Waals surface area contributed by atoms with Crippen molar-refractivity contribution in [3.05, 3.63) is 76.2 Å². The molecule has 0 spiro atoms. The van der Waals surface area contributed by atoms with E-state index in [-0.39, 0.29) is 22.9 Å². The zero-order chi connectivity index (χ0) is 24.5. The number of nitrogens with zero attached hydrogens (tertiary/aromatic N) is 2. The van der Waals surface area contributed by atoms with E-state index in [0.717, 1.165) is 17.0 Å². The van der Waals surface area contributed by atoms with E-state index in [9.17, 15) is 18.0 Å². The van der Waals surface area contributed by atoms with Crippen LogP contribution in [-0.4, -0.2) is 52.9 Å². The van der Waals surface area contributed by atoms with Gasteiger partial charge < -0.3 is 15.0 Å². The van der Waals surface area contributed by atoms with E-state index in [0.29, 0.717) is 29.2 Å². The number of benzene rings is 2. The molecule has 1 N–H and O–H groups in total. The van der Waals surface area contributed by atoms with E-state index in [1.54, 1.807) is 24.3 Å². The highest BCUT2D eigenvalue weighted by atomic mass is 35.5. The minimum atomic E-state index is -3.78. The number of hydrogen-bond donors (Lipinski definition) is 1. The Balaban J connectivity index is 0.00000342. The molecule has 0 bridgehead atoms. The van der Waals surface area contributed by atoms with Crippen molar-refractivity contribution >= 4 is 56.3 Å². The van der Waals surface area contributed by atoms with Crippen LogP contribution in [0.4, 0.5) is 10.7 Å². The Labute approximate surface area is 215 Å². The smallest absolute Gasteiger partial charge is 0.341 e. The second-order valence-electron chi connectivity index (χ2n) is 7.97. The first-order chi connectivity index (χ1) is 16.2. The fourth-order valence-electron chi connectivity index (χ4n) is 3.83. The molecule has 0 atom stereocenters. The van der Waals surface area contributed by atoms with Gasteiger partial charge >= 0.3 is 5.97 Å². The third-order valence-corrected chi connectivity index (χ3v) is 8.69. The first-order valence-corrected chi connectivity index (χ1v) is 12.8. The third kappa shape index (κ3) is 5.35. The summed E-state index contributed by atoms with van der Waals surface area (Å²) >= 11 is 1.36. The fourth-order valence-corrected chi connectivity index (χ4v) is 6.33. The van der Waals surface area contributed by atoms with Crippen molar-refractivity contribution in [2.45, 2.75) is 17.9 Å². The number of para-hydroxylation sites is 1. The number of hydrogen-bond acceptors (Lipinski definition) is 7. The zero-order valence-electron chi connectivity index (χ0n) is 19.5. The number of amides is 1. The molecule has 8 nitrogen and oxygen atoms in total. The van der Waals surface area contributed by atoms with Gasteiger partial charge in [0.05, 0.1) is 23.3 Å².